The second-order valence-electron chi connectivity index (χ2n) is 6.69. The predicted molar refractivity (Wildman–Crippen MR) is 87.0 cm³/mol. The molecule has 0 aliphatic rings. The minimum absolute atomic E-state index is 0.108. The Balaban J connectivity index is 3.41. The van der Waals surface area contributed by atoms with Crippen molar-refractivity contribution in [2.75, 3.05) is 33.0 Å². The summed E-state index contributed by atoms with van der Waals surface area (Å²) in [6.45, 7) is 8.00. The molecule has 0 rings (SSSR count). The number of esters is 2. The SMILES string of the molecule is CC(C)(C)COCCOC(=O)CCCCC(=O)OCCCCO. The van der Waals surface area contributed by atoms with E-state index in [4.69, 9.17) is 19.3 Å². The summed E-state index contributed by atoms with van der Waals surface area (Å²) < 4.78 is 15.4. The Morgan fingerprint density at radius 2 is 1.39 bits per heavy atom. The first-order valence-corrected chi connectivity index (χ1v) is 8.35. The average molecular weight is 332 g/mol. The van der Waals surface area contributed by atoms with Crippen molar-refractivity contribution in [3.05, 3.63) is 0 Å². The lowest BCUT2D eigenvalue weighted by Gasteiger charge is -2.17. The fourth-order valence-electron chi connectivity index (χ4n) is 1.68. The molecule has 0 heterocycles. The van der Waals surface area contributed by atoms with Gasteiger partial charge in [0.05, 0.1) is 19.8 Å². The van der Waals surface area contributed by atoms with E-state index in [0.29, 0.717) is 58.3 Å². The van der Waals surface area contributed by atoms with Crippen LogP contribution in [-0.2, 0) is 23.8 Å². The number of rotatable bonds is 13. The van der Waals surface area contributed by atoms with E-state index in [9.17, 15) is 9.59 Å². The number of unbranched alkanes of at least 4 members (excludes halogenated alkanes) is 2. The van der Waals surface area contributed by atoms with Crippen LogP contribution in [0.3, 0.4) is 0 Å². The molecular weight excluding hydrogens is 300 g/mol. The van der Waals surface area contributed by atoms with E-state index in [-0.39, 0.29) is 30.6 Å². The van der Waals surface area contributed by atoms with Crippen LogP contribution < -0.4 is 0 Å². The molecule has 23 heavy (non-hydrogen) atoms. The van der Waals surface area contributed by atoms with Crippen molar-refractivity contribution in [2.45, 2.75) is 59.3 Å². The van der Waals surface area contributed by atoms with Gasteiger partial charge in [0.1, 0.15) is 6.61 Å². The van der Waals surface area contributed by atoms with Crippen LogP contribution in [0.4, 0.5) is 0 Å². The third-order valence-electron chi connectivity index (χ3n) is 2.85. The van der Waals surface area contributed by atoms with Gasteiger partial charge in [-0.2, -0.15) is 0 Å². The van der Waals surface area contributed by atoms with Gasteiger partial charge in [-0.25, -0.2) is 0 Å². The second kappa shape index (κ2) is 13.3. The zero-order chi connectivity index (χ0) is 17.6. The first kappa shape index (κ1) is 21.9. The van der Waals surface area contributed by atoms with Crippen LogP contribution >= 0.6 is 0 Å². The molecule has 0 aromatic rings. The molecule has 1 N–H and O–H groups in total. The maximum atomic E-state index is 11.5. The molecule has 0 fully saturated rings. The third kappa shape index (κ3) is 17.1. The lowest BCUT2D eigenvalue weighted by molar-refractivity contribution is -0.147. The standard InChI is InChI=1S/C17H32O6/c1-17(2,3)14-21-12-13-23-16(20)9-5-4-8-15(19)22-11-7-6-10-18/h18H,4-14H2,1-3H3. The molecular formula is C17H32O6. The summed E-state index contributed by atoms with van der Waals surface area (Å²) in [5, 5.41) is 8.59. The third-order valence-corrected chi connectivity index (χ3v) is 2.85. The van der Waals surface area contributed by atoms with Crippen molar-refractivity contribution in [3.8, 4) is 0 Å². The predicted octanol–water partition coefficient (Wildman–Crippen LogP) is 2.47. The summed E-state index contributed by atoms with van der Waals surface area (Å²) in [4.78, 5) is 22.8. The fourth-order valence-corrected chi connectivity index (χ4v) is 1.68. The van der Waals surface area contributed by atoms with Gasteiger partial charge in [0.25, 0.3) is 0 Å². The number of aliphatic hydroxyl groups excluding tert-OH is 1. The Kier molecular flexibility index (Phi) is 12.7. The molecule has 0 aliphatic heterocycles. The maximum Gasteiger partial charge on any atom is 0.305 e. The van der Waals surface area contributed by atoms with Gasteiger partial charge < -0.3 is 19.3 Å². The van der Waals surface area contributed by atoms with Crippen LogP contribution in [0.1, 0.15) is 59.3 Å². The molecule has 0 saturated heterocycles. The molecule has 0 amide bonds. The van der Waals surface area contributed by atoms with Gasteiger partial charge in [0, 0.05) is 19.4 Å². The van der Waals surface area contributed by atoms with Gasteiger partial charge in [0.2, 0.25) is 0 Å². The summed E-state index contributed by atoms with van der Waals surface area (Å²) in [7, 11) is 0. The van der Waals surface area contributed by atoms with Crippen LogP contribution in [0.25, 0.3) is 0 Å². The van der Waals surface area contributed by atoms with Gasteiger partial charge in [-0.15, -0.1) is 0 Å². The highest BCUT2D eigenvalue weighted by atomic mass is 16.6. The highest BCUT2D eigenvalue weighted by molar-refractivity contribution is 5.70. The molecule has 0 unspecified atom stereocenters. The molecule has 0 atom stereocenters. The lowest BCUT2D eigenvalue weighted by atomic mass is 9.99. The molecule has 0 spiro atoms. The molecule has 0 saturated carbocycles. The van der Waals surface area contributed by atoms with Crippen LogP contribution in [0.5, 0.6) is 0 Å². The van der Waals surface area contributed by atoms with Gasteiger partial charge in [-0.05, 0) is 31.1 Å². The number of carbonyl (C=O) groups is 2. The quantitative estimate of drug-likeness (QED) is 0.412. The number of carbonyl (C=O) groups excluding carboxylic acids is 2. The lowest BCUT2D eigenvalue weighted by Crippen LogP contribution is -2.18. The van der Waals surface area contributed by atoms with Crippen molar-refractivity contribution in [1.82, 2.24) is 0 Å². The van der Waals surface area contributed by atoms with Gasteiger partial charge in [-0.1, -0.05) is 20.8 Å². The minimum atomic E-state index is -0.263. The van der Waals surface area contributed by atoms with E-state index >= 15 is 0 Å². The Labute approximate surface area is 139 Å². The summed E-state index contributed by atoms with van der Waals surface area (Å²) in [5.41, 5.74) is 0.108. The molecule has 6 nitrogen and oxygen atoms in total. The molecule has 6 heteroatoms. The summed E-state index contributed by atoms with van der Waals surface area (Å²) in [6, 6.07) is 0. The van der Waals surface area contributed by atoms with Gasteiger partial charge in [-0.3, -0.25) is 9.59 Å². The number of hydrogen-bond donors (Lipinski definition) is 1. The Morgan fingerprint density at radius 3 is 1.91 bits per heavy atom. The molecule has 0 aliphatic carbocycles. The van der Waals surface area contributed by atoms with E-state index < -0.39 is 0 Å². The first-order valence-electron chi connectivity index (χ1n) is 8.35. The van der Waals surface area contributed by atoms with E-state index in [1.807, 2.05) is 0 Å². The van der Waals surface area contributed by atoms with Crippen LogP contribution in [0.2, 0.25) is 0 Å². The molecule has 0 bridgehead atoms. The van der Waals surface area contributed by atoms with Gasteiger partial charge in [0.15, 0.2) is 0 Å². The van der Waals surface area contributed by atoms with Crippen molar-refractivity contribution in [1.29, 1.82) is 0 Å². The normalized spacial score (nSPS) is 11.3. The van der Waals surface area contributed by atoms with Crippen molar-refractivity contribution < 1.29 is 28.9 Å². The average Bonchev–Trinajstić information content (AvgIpc) is 2.46. The van der Waals surface area contributed by atoms with Crippen LogP contribution in [0.15, 0.2) is 0 Å². The zero-order valence-corrected chi connectivity index (χ0v) is 14.8. The Morgan fingerprint density at radius 1 is 0.826 bits per heavy atom. The highest BCUT2D eigenvalue weighted by Gasteiger charge is 2.10. The molecule has 0 aromatic carbocycles. The largest absolute Gasteiger partial charge is 0.466 e. The van der Waals surface area contributed by atoms with Crippen molar-refractivity contribution in [3.63, 3.8) is 0 Å². The maximum absolute atomic E-state index is 11.5. The van der Waals surface area contributed by atoms with Crippen LogP contribution in [-0.4, -0.2) is 50.1 Å². The Hall–Kier alpha value is -1.14. The fraction of sp³-hybridized carbons (Fsp3) is 0.882. The number of aliphatic hydroxyl groups is 1. The summed E-state index contributed by atoms with van der Waals surface area (Å²) >= 11 is 0. The minimum Gasteiger partial charge on any atom is -0.466 e. The summed E-state index contributed by atoms with van der Waals surface area (Å²) in [6.07, 6.45) is 3.13. The zero-order valence-electron chi connectivity index (χ0n) is 14.8. The molecule has 0 aromatic heterocycles. The van der Waals surface area contributed by atoms with Crippen molar-refractivity contribution in [2.24, 2.45) is 5.41 Å². The van der Waals surface area contributed by atoms with Crippen LogP contribution in [0, 0.1) is 5.41 Å². The second-order valence-corrected chi connectivity index (χ2v) is 6.69. The monoisotopic (exact) mass is 332 g/mol. The summed E-state index contributed by atoms with van der Waals surface area (Å²) in [5.74, 6) is -0.521. The number of ether oxygens (including phenoxy) is 3. The van der Waals surface area contributed by atoms with E-state index in [1.165, 1.54) is 0 Å². The molecule has 0 radical (unpaired) electrons. The molecule has 136 valence electrons. The topological polar surface area (TPSA) is 82.1 Å². The smallest absolute Gasteiger partial charge is 0.305 e. The van der Waals surface area contributed by atoms with Gasteiger partial charge >= 0.3 is 11.9 Å². The van der Waals surface area contributed by atoms with E-state index in [2.05, 4.69) is 20.8 Å². The Bertz CT molecular complexity index is 322. The number of hydrogen-bond acceptors (Lipinski definition) is 6. The first-order chi connectivity index (χ1) is 10.8. The van der Waals surface area contributed by atoms with E-state index in [1.54, 1.807) is 0 Å². The van der Waals surface area contributed by atoms with Crippen molar-refractivity contribution >= 4 is 11.9 Å². The highest BCUT2D eigenvalue weighted by Crippen LogP contribution is 2.12. The van der Waals surface area contributed by atoms with E-state index in [0.717, 1.165) is 0 Å².